The lowest BCUT2D eigenvalue weighted by Crippen LogP contribution is -2.03. The summed E-state index contributed by atoms with van der Waals surface area (Å²) in [5, 5.41) is 0. The first-order valence-electron chi connectivity index (χ1n) is 3.50. The zero-order valence-electron chi connectivity index (χ0n) is 6.73. The van der Waals surface area contributed by atoms with Gasteiger partial charge in [0.05, 0.1) is 18.9 Å². The van der Waals surface area contributed by atoms with E-state index in [2.05, 4.69) is 4.74 Å². The van der Waals surface area contributed by atoms with E-state index in [0.29, 0.717) is 19.5 Å². The van der Waals surface area contributed by atoms with Crippen LogP contribution in [0.25, 0.3) is 0 Å². The zero-order valence-corrected chi connectivity index (χ0v) is 6.73. The van der Waals surface area contributed by atoms with E-state index in [4.69, 9.17) is 4.74 Å². The smallest absolute Gasteiger partial charge is 0.412 e. The SMILES string of the molecule is CCOCCO/C=C\C(F)(F)F. The second kappa shape index (κ2) is 5.88. The molecule has 0 radical (unpaired) electrons. The Morgan fingerprint density at radius 3 is 2.42 bits per heavy atom. The van der Waals surface area contributed by atoms with Gasteiger partial charge in [0, 0.05) is 6.61 Å². The molecule has 0 amide bonds. The quantitative estimate of drug-likeness (QED) is 0.481. The molecule has 0 aliphatic heterocycles. The van der Waals surface area contributed by atoms with Crippen LogP contribution in [0, 0.1) is 0 Å². The Hall–Kier alpha value is -0.710. The average molecular weight is 184 g/mol. The van der Waals surface area contributed by atoms with Crippen molar-refractivity contribution in [2.24, 2.45) is 0 Å². The number of ether oxygens (including phenoxy) is 2. The highest BCUT2D eigenvalue weighted by Crippen LogP contribution is 2.15. The first-order valence-corrected chi connectivity index (χ1v) is 3.50. The summed E-state index contributed by atoms with van der Waals surface area (Å²) in [6.07, 6.45) is -3.64. The topological polar surface area (TPSA) is 18.5 Å². The monoisotopic (exact) mass is 184 g/mol. The third-order valence-electron chi connectivity index (χ3n) is 0.903. The summed E-state index contributed by atoms with van der Waals surface area (Å²) in [6, 6.07) is 0. The third kappa shape index (κ3) is 9.29. The van der Waals surface area contributed by atoms with Gasteiger partial charge in [-0.05, 0) is 6.92 Å². The summed E-state index contributed by atoms with van der Waals surface area (Å²) in [6.45, 7) is 2.77. The molecule has 0 aliphatic rings. The minimum Gasteiger partial charge on any atom is -0.499 e. The van der Waals surface area contributed by atoms with E-state index in [1.807, 2.05) is 0 Å². The van der Waals surface area contributed by atoms with Crippen molar-refractivity contribution in [2.45, 2.75) is 13.1 Å². The first kappa shape index (κ1) is 11.3. The first-order chi connectivity index (χ1) is 5.56. The van der Waals surface area contributed by atoms with Crippen LogP contribution in [-0.2, 0) is 9.47 Å². The molecule has 12 heavy (non-hydrogen) atoms. The molecule has 0 rings (SSSR count). The molecule has 72 valence electrons. The molecule has 0 saturated heterocycles. The van der Waals surface area contributed by atoms with Gasteiger partial charge in [-0.3, -0.25) is 0 Å². The molecule has 0 N–H and O–H groups in total. The number of rotatable bonds is 5. The van der Waals surface area contributed by atoms with Gasteiger partial charge in [-0.15, -0.1) is 0 Å². The number of hydrogen-bond donors (Lipinski definition) is 0. The van der Waals surface area contributed by atoms with Gasteiger partial charge in [0.2, 0.25) is 0 Å². The van der Waals surface area contributed by atoms with Gasteiger partial charge in [-0.1, -0.05) is 0 Å². The van der Waals surface area contributed by atoms with E-state index in [-0.39, 0.29) is 12.7 Å². The maximum absolute atomic E-state index is 11.4. The second-order valence-corrected chi connectivity index (χ2v) is 1.91. The van der Waals surface area contributed by atoms with Gasteiger partial charge in [0.25, 0.3) is 0 Å². The van der Waals surface area contributed by atoms with Crippen molar-refractivity contribution in [2.75, 3.05) is 19.8 Å². The molecule has 0 saturated carbocycles. The summed E-state index contributed by atoms with van der Waals surface area (Å²) in [7, 11) is 0. The molecule has 5 heteroatoms. The van der Waals surface area contributed by atoms with Crippen LogP contribution in [0.3, 0.4) is 0 Å². The molecule has 0 aliphatic carbocycles. The van der Waals surface area contributed by atoms with E-state index in [0.717, 1.165) is 0 Å². The summed E-state index contributed by atoms with van der Waals surface area (Å²) in [5.41, 5.74) is 0. The van der Waals surface area contributed by atoms with E-state index in [9.17, 15) is 13.2 Å². The molecule has 0 spiro atoms. The number of alkyl halides is 3. The van der Waals surface area contributed by atoms with Gasteiger partial charge in [-0.2, -0.15) is 13.2 Å². The molecule has 0 unspecified atom stereocenters. The Labute approximate surface area is 69.0 Å². The van der Waals surface area contributed by atoms with Gasteiger partial charge in [-0.25, -0.2) is 0 Å². The lowest BCUT2D eigenvalue weighted by molar-refractivity contribution is -0.0818. The van der Waals surface area contributed by atoms with Crippen molar-refractivity contribution in [3.8, 4) is 0 Å². The van der Waals surface area contributed by atoms with Crippen LogP contribution >= 0.6 is 0 Å². The third-order valence-corrected chi connectivity index (χ3v) is 0.903. The molecular weight excluding hydrogens is 173 g/mol. The van der Waals surface area contributed by atoms with Gasteiger partial charge >= 0.3 is 6.18 Å². The minimum absolute atomic E-state index is 0.0406. The lowest BCUT2D eigenvalue weighted by Gasteiger charge is -2.01. The predicted molar refractivity (Wildman–Crippen MR) is 37.6 cm³/mol. The molecule has 0 fully saturated rings. The van der Waals surface area contributed by atoms with E-state index in [1.165, 1.54) is 0 Å². The van der Waals surface area contributed by atoms with Crippen LogP contribution < -0.4 is 0 Å². The van der Waals surface area contributed by atoms with Crippen molar-refractivity contribution in [1.82, 2.24) is 0 Å². The van der Waals surface area contributed by atoms with Crippen LogP contribution in [0.5, 0.6) is 0 Å². The highest BCUT2D eigenvalue weighted by molar-refractivity contribution is 4.82. The summed E-state index contributed by atoms with van der Waals surface area (Å²) < 4.78 is 43.6. The Bertz CT molecular complexity index is 131. The van der Waals surface area contributed by atoms with Crippen LogP contribution in [-0.4, -0.2) is 26.0 Å². The fourth-order valence-electron chi connectivity index (χ4n) is 0.445. The Morgan fingerprint density at radius 2 is 1.92 bits per heavy atom. The Morgan fingerprint density at radius 1 is 1.25 bits per heavy atom. The fourth-order valence-corrected chi connectivity index (χ4v) is 0.445. The zero-order chi connectivity index (χ0) is 9.45. The molecular formula is C7H11F3O2. The maximum Gasteiger partial charge on any atom is 0.412 e. The van der Waals surface area contributed by atoms with Crippen LogP contribution in [0.4, 0.5) is 13.2 Å². The maximum atomic E-state index is 11.4. The molecule has 0 heterocycles. The van der Waals surface area contributed by atoms with Crippen LogP contribution in [0.2, 0.25) is 0 Å². The summed E-state index contributed by atoms with van der Waals surface area (Å²) in [4.78, 5) is 0. The van der Waals surface area contributed by atoms with Crippen LogP contribution in [0.1, 0.15) is 6.92 Å². The van der Waals surface area contributed by atoms with Crippen molar-refractivity contribution in [3.05, 3.63) is 12.3 Å². The Balaban J connectivity index is 3.25. The molecule has 0 bridgehead atoms. The predicted octanol–water partition coefficient (Wildman–Crippen LogP) is 2.12. The normalized spacial score (nSPS) is 12.3. The molecule has 0 aromatic rings. The highest BCUT2D eigenvalue weighted by atomic mass is 19.4. The molecule has 2 nitrogen and oxygen atoms in total. The Kier molecular flexibility index (Phi) is 5.53. The van der Waals surface area contributed by atoms with Crippen molar-refractivity contribution in [3.63, 3.8) is 0 Å². The number of allylic oxidation sites excluding steroid dienone is 1. The van der Waals surface area contributed by atoms with E-state index < -0.39 is 6.18 Å². The summed E-state index contributed by atoms with van der Waals surface area (Å²) in [5.74, 6) is 0. The summed E-state index contributed by atoms with van der Waals surface area (Å²) >= 11 is 0. The van der Waals surface area contributed by atoms with Crippen molar-refractivity contribution < 1.29 is 22.6 Å². The molecule has 0 aromatic carbocycles. The largest absolute Gasteiger partial charge is 0.499 e. The van der Waals surface area contributed by atoms with Gasteiger partial charge < -0.3 is 9.47 Å². The van der Waals surface area contributed by atoms with Crippen molar-refractivity contribution in [1.29, 1.82) is 0 Å². The lowest BCUT2D eigenvalue weighted by atomic mass is 10.6. The second-order valence-electron chi connectivity index (χ2n) is 1.91. The fraction of sp³-hybridized carbons (Fsp3) is 0.714. The minimum atomic E-state index is -4.30. The number of halogens is 3. The number of hydrogen-bond acceptors (Lipinski definition) is 2. The molecule has 0 atom stereocenters. The van der Waals surface area contributed by atoms with Gasteiger partial charge in [0.1, 0.15) is 6.61 Å². The van der Waals surface area contributed by atoms with E-state index in [1.54, 1.807) is 6.92 Å². The highest BCUT2D eigenvalue weighted by Gasteiger charge is 2.22. The van der Waals surface area contributed by atoms with Gasteiger partial charge in [0.15, 0.2) is 0 Å². The standard InChI is InChI=1S/C7H11F3O2/c1-2-11-5-6-12-4-3-7(8,9)10/h3-4H,2,5-6H2,1H3/b4-3-. The average Bonchev–Trinajstić information content (AvgIpc) is 1.94. The molecule has 0 aromatic heterocycles. The van der Waals surface area contributed by atoms with E-state index >= 15 is 0 Å². The van der Waals surface area contributed by atoms with Crippen molar-refractivity contribution >= 4 is 0 Å². The van der Waals surface area contributed by atoms with Crippen LogP contribution in [0.15, 0.2) is 12.3 Å².